The summed E-state index contributed by atoms with van der Waals surface area (Å²) in [6.07, 6.45) is 6.02. The van der Waals surface area contributed by atoms with E-state index in [4.69, 9.17) is 0 Å². The lowest BCUT2D eigenvalue weighted by Gasteiger charge is -2.22. The minimum Gasteiger partial charge on any atom is -0.216 e. The first-order valence-corrected chi connectivity index (χ1v) is 7.22. The molecule has 0 unspecified atom stereocenters. The van der Waals surface area contributed by atoms with Crippen LogP contribution in [0.2, 0.25) is 0 Å². The van der Waals surface area contributed by atoms with E-state index in [-0.39, 0.29) is 0 Å². The molecule has 0 amide bonds. The molecular weight excluding hydrogens is 248 g/mol. The fraction of sp³-hybridized carbons (Fsp3) is 0.438. The van der Waals surface area contributed by atoms with Crippen LogP contribution in [0.15, 0.2) is 24.3 Å². The molecule has 1 fully saturated rings. The summed E-state index contributed by atoms with van der Waals surface area (Å²) in [7, 11) is 0. The Kier molecular flexibility index (Phi) is 3.51. The number of nitriles is 1. The molecule has 0 bridgehead atoms. The number of nitrogens with zero attached hydrogens (tertiary/aromatic N) is 4. The average Bonchev–Trinajstić information content (AvgIpc) is 2.92. The van der Waals surface area contributed by atoms with Gasteiger partial charge in [0.1, 0.15) is 6.07 Å². The predicted molar refractivity (Wildman–Crippen MR) is 76.6 cm³/mol. The van der Waals surface area contributed by atoms with Crippen LogP contribution in [0.3, 0.4) is 0 Å². The molecule has 1 heterocycles. The first-order valence-electron chi connectivity index (χ1n) is 7.22. The molecule has 0 atom stereocenters. The van der Waals surface area contributed by atoms with Gasteiger partial charge in [-0.1, -0.05) is 36.6 Å². The lowest BCUT2D eigenvalue weighted by atomic mass is 9.86. The smallest absolute Gasteiger partial charge is 0.186 e. The van der Waals surface area contributed by atoms with Gasteiger partial charge in [0.25, 0.3) is 0 Å². The van der Waals surface area contributed by atoms with Gasteiger partial charge in [-0.25, -0.2) is 4.68 Å². The summed E-state index contributed by atoms with van der Waals surface area (Å²) in [4.78, 5) is 0. The van der Waals surface area contributed by atoms with Crippen LogP contribution in [-0.4, -0.2) is 15.0 Å². The highest BCUT2D eigenvalue weighted by atomic mass is 15.4. The fourth-order valence-electron chi connectivity index (χ4n) is 3.06. The number of hydrogen-bond donors (Lipinski definition) is 0. The molecular formula is C16H18N4. The molecule has 4 nitrogen and oxygen atoms in total. The van der Waals surface area contributed by atoms with Crippen molar-refractivity contribution < 1.29 is 0 Å². The summed E-state index contributed by atoms with van der Waals surface area (Å²) in [6, 6.07) is 10.4. The molecule has 0 spiro atoms. The van der Waals surface area contributed by atoms with Gasteiger partial charge < -0.3 is 0 Å². The highest BCUT2D eigenvalue weighted by Crippen LogP contribution is 2.34. The largest absolute Gasteiger partial charge is 0.216 e. The van der Waals surface area contributed by atoms with E-state index in [2.05, 4.69) is 35.4 Å². The van der Waals surface area contributed by atoms with E-state index < -0.39 is 0 Å². The Labute approximate surface area is 119 Å². The predicted octanol–water partition coefficient (Wildman–Crippen LogP) is 3.50. The van der Waals surface area contributed by atoms with Crippen molar-refractivity contribution in [3.05, 3.63) is 41.2 Å². The topological polar surface area (TPSA) is 54.5 Å². The van der Waals surface area contributed by atoms with Crippen LogP contribution >= 0.6 is 0 Å². The van der Waals surface area contributed by atoms with Crippen molar-refractivity contribution in [2.75, 3.05) is 0 Å². The SMILES string of the molecule is Cc1cccc(-n2nnc(C#N)c2C2CCCCC2)c1. The van der Waals surface area contributed by atoms with Crippen LogP contribution in [-0.2, 0) is 0 Å². The van der Waals surface area contributed by atoms with E-state index in [0.29, 0.717) is 11.6 Å². The Morgan fingerprint density at radius 3 is 2.75 bits per heavy atom. The van der Waals surface area contributed by atoms with E-state index in [1.807, 2.05) is 16.8 Å². The quantitative estimate of drug-likeness (QED) is 0.836. The van der Waals surface area contributed by atoms with Gasteiger partial charge in [-0.3, -0.25) is 0 Å². The maximum atomic E-state index is 9.30. The molecule has 20 heavy (non-hydrogen) atoms. The molecule has 1 saturated carbocycles. The standard InChI is InChI=1S/C16H18N4/c1-12-6-5-9-14(10-12)20-16(15(11-17)18-19-20)13-7-3-2-4-8-13/h5-6,9-10,13H,2-4,7-8H2,1H3. The van der Waals surface area contributed by atoms with E-state index in [1.54, 1.807) is 0 Å². The normalized spacial score (nSPS) is 16.0. The summed E-state index contributed by atoms with van der Waals surface area (Å²) in [5, 5.41) is 17.6. The molecule has 0 radical (unpaired) electrons. The van der Waals surface area contributed by atoms with Crippen molar-refractivity contribution in [3.8, 4) is 11.8 Å². The van der Waals surface area contributed by atoms with Crippen molar-refractivity contribution in [2.45, 2.75) is 44.9 Å². The van der Waals surface area contributed by atoms with E-state index in [9.17, 15) is 5.26 Å². The third kappa shape index (κ3) is 2.32. The van der Waals surface area contributed by atoms with E-state index in [1.165, 1.54) is 24.8 Å². The maximum Gasteiger partial charge on any atom is 0.186 e. The molecule has 0 aliphatic heterocycles. The Balaban J connectivity index is 2.07. The van der Waals surface area contributed by atoms with Gasteiger partial charge in [0.15, 0.2) is 5.69 Å². The first-order chi connectivity index (χ1) is 9.79. The average molecular weight is 266 g/mol. The number of aryl methyl sites for hydroxylation is 1. The summed E-state index contributed by atoms with van der Waals surface area (Å²) < 4.78 is 1.86. The second-order valence-electron chi connectivity index (χ2n) is 5.52. The minimum atomic E-state index is 0.411. The highest BCUT2D eigenvalue weighted by molar-refractivity contribution is 5.40. The van der Waals surface area contributed by atoms with Gasteiger partial charge >= 0.3 is 0 Å². The highest BCUT2D eigenvalue weighted by Gasteiger charge is 2.25. The number of hydrogen-bond acceptors (Lipinski definition) is 3. The molecule has 102 valence electrons. The van der Waals surface area contributed by atoms with E-state index >= 15 is 0 Å². The van der Waals surface area contributed by atoms with Gasteiger partial charge in [-0.15, -0.1) is 5.10 Å². The van der Waals surface area contributed by atoms with Crippen LogP contribution in [0.5, 0.6) is 0 Å². The molecule has 2 aromatic rings. The van der Waals surface area contributed by atoms with Gasteiger partial charge in [0.05, 0.1) is 11.4 Å². The summed E-state index contributed by atoms with van der Waals surface area (Å²) in [5.41, 5.74) is 3.67. The zero-order valence-electron chi connectivity index (χ0n) is 11.7. The second-order valence-corrected chi connectivity index (χ2v) is 5.52. The molecule has 4 heteroatoms. The second kappa shape index (κ2) is 5.46. The fourth-order valence-corrected chi connectivity index (χ4v) is 3.06. The van der Waals surface area contributed by atoms with Crippen LogP contribution in [0.1, 0.15) is 55.0 Å². The molecule has 1 aliphatic rings. The van der Waals surface area contributed by atoms with Gasteiger partial charge in [-0.2, -0.15) is 5.26 Å². The summed E-state index contributed by atoms with van der Waals surface area (Å²) in [6.45, 7) is 2.06. The van der Waals surface area contributed by atoms with Crippen molar-refractivity contribution in [1.82, 2.24) is 15.0 Å². The third-order valence-corrected chi connectivity index (χ3v) is 4.05. The van der Waals surface area contributed by atoms with Crippen molar-refractivity contribution in [1.29, 1.82) is 5.26 Å². The van der Waals surface area contributed by atoms with Gasteiger partial charge in [0.2, 0.25) is 0 Å². The monoisotopic (exact) mass is 266 g/mol. The lowest BCUT2D eigenvalue weighted by Crippen LogP contribution is -2.12. The molecule has 0 saturated heterocycles. The minimum absolute atomic E-state index is 0.411. The van der Waals surface area contributed by atoms with Crippen LogP contribution < -0.4 is 0 Å². The summed E-state index contributed by atoms with van der Waals surface area (Å²) in [5.74, 6) is 0.411. The number of rotatable bonds is 2. The first kappa shape index (κ1) is 12.9. The van der Waals surface area contributed by atoms with Crippen LogP contribution in [0.25, 0.3) is 5.69 Å². The molecule has 1 aromatic carbocycles. The van der Waals surface area contributed by atoms with E-state index in [0.717, 1.165) is 24.2 Å². The van der Waals surface area contributed by atoms with Gasteiger partial charge in [0, 0.05) is 5.92 Å². The van der Waals surface area contributed by atoms with Gasteiger partial charge in [-0.05, 0) is 37.5 Å². The third-order valence-electron chi connectivity index (χ3n) is 4.05. The summed E-state index contributed by atoms with van der Waals surface area (Å²) >= 11 is 0. The van der Waals surface area contributed by atoms with Crippen molar-refractivity contribution in [2.24, 2.45) is 0 Å². The van der Waals surface area contributed by atoms with Crippen LogP contribution in [0, 0.1) is 18.3 Å². The molecule has 1 aliphatic carbocycles. The Morgan fingerprint density at radius 2 is 2.05 bits per heavy atom. The van der Waals surface area contributed by atoms with Crippen molar-refractivity contribution in [3.63, 3.8) is 0 Å². The lowest BCUT2D eigenvalue weighted by molar-refractivity contribution is 0.429. The zero-order chi connectivity index (χ0) is 13.9. The Hall–Kier alpha value is -2.15. The van der Waals surface area contributed by atoms with Crippen molar-refractivity contribution >= 4 is 0 Å². The molecule has 0 N–H and O–H groups in total. The maximum absolute atomic E-state index is 9.30. The molecule has 3 rings (SSSR count). The zero-order valence-corrected chi connectivity index (χ0v) is 11.7. The molecule has 1 aromatic heterocycles. The number of benzene rings is 1. The van der Waals surface area contributed by atoms with Crippen LogP contribution in [0.4, 0.5) is 0 Å². The number of aromatic nitrogens is 3. The Morgan fingerprint density at radius 1 is 1.25 bits per heavy atom. The Bertz CT molecular complexity index is 645.